The van der Waals surface area contributed by atoms with Crippen LogP contribution in [0.1, 0.15) is 24.3 Å². The van der Waals surface area contributed by atoms with Gasteiger partial charge in [0.25, 0.3) is 0 Å². The molecule has 3 aromatic rings. The summed E-state index contributed by atoms with van der Waals surface area (Å²) >= 11 is 5.85. The van der Waals surface area contributed by atoms with Gasteiger partial charge in [-0.15, -0.1) is 13.2 Å². The Morgan fingerprint density at radius 2 is 1.80 bits per heavy atom. The Hall–Kier alpha value is -3.07. The van der Waals surface area contributed by atoms with E-state index in [1.54, 1.807) is 24.3 Å². The Kier molecular flexibility index (Phi) is 6.94. The minimum absolute atomic E-state index is 0.192. The van der Waals surface area contributed by atoms with Crippen LogP contribution in [-0.4, -0.2) is 22.4 Å². The summed E-state index contributed by atoms with van der Waals surface area (Å²) < 4.78 is 45.4. The Labute approximate surface area is 175 Å². The topological polar surface area (TPSA) is 77.2 Å². The minimum Gasteiger partial charge on any atom is -0.406 e. The number of hydrogen-bond acceptors (Lipinski definition) is 5. The molecule has 0 spiro atoms. The van der Waals surface area contributed by atoms with E-state index in [9.17, 15) is 18.0 Å². The molecule has 0 unspecified atom stereocenters. The van der Waals surface area contributed by atoms with Gasteiger partial charge in [0.15, 0.2) is 0 Å². The zero-order chi connectivity index (χ0) is 21.6. The van der Waals surface area contributed by atoms with E-state index in [0.717, 1.165) is 5.56 Å². The van der Waals surface area contributed by atoms with E-state index in [2.05, 4.69) is 20.2 Å². The van der Waals surface area contributed by atoms with Gasteiger partial charge in [0, 0.05) is 30.0 Å². The number of halogens is 4. The predicted molar refractivity (Wildman–Crippen MR) is 103 cm³/mol. The van der Waals surface area contributed by atoms with E-state index < -0.39 is 6.36 Å². The molecule has 2 aromatic carbocycles. The summed E-state index contributed by atoms with van der Waals surface area (Å²) in [5.41, 5.74) is 1.43. The molecule has 158 valence electrons. The number of aryl methyl sites for hydroxylation is 1. The average molecular weight is 440 g/mol. The normalized spacial score (nSPS) is 11.3. The van der Waals surface area contributed by atoms with Crippen LogP contribution in [0.3, 0.4) is 0 Å². The van der Waals surface area contributed by atoms with Gasteiger partial charge in [-0.1, -0.05) is 28.9 Å². The summed E-state index contributed by atoms with van der Waals surface area (Å²) in [6.07, 6.45) is -3.54. The SMILES string of the molecule is O=C(CCCc1nc(-c2ccc(Cl)cc2)no1)NCc1ccc(OC(F)(F)F)cc1. The maximum Gasteiger partial charge on any atom is 0.573 e. The summed E-state index contributed by atoms with van der Waals surface area (Å²) in [5.74, 6) is 0.371. The van der Waals surface area contributed by atoms with Crippen LogP contribution in [0.25, 0.3) is 11.4 Å². The van der Waals surface area contributed by atoms with Crippen molar-refractivity contribution in [2.24, 2.45) is 0 Å². The molecule has 0 fully saturated rings. The lowest BCUT2D eigenvalue weighted by molar-refractivity contribution is -0.274. The molecule has 0 aliphatic carbocycles. The molecular formula is C20H17ClF3N3O3. The summed E-state index contributed by atoms with van der Waals surface area (Å²) in [6.45, 7) is 0.201. The number of ether oxygens (including phenoxy) is 1. The number of alkyl halides is 3. The van der Waals surface area contributed by atoms with Gasteiger partial charge in [0.1, 0.15) is 5.75 Å². The number of aromatic nitrogens is 2. The lowest BCUT2D eigenvalue weighted by Crippen LogP contribution is -2.22. The van der Waals surface area contributed by atoms with Gasteiger partial charge < -0.3 is 14.6 Å². The maximum absolute atomic E-state index is 12.1. The van der Waals surface area contributed by atoms with Crippen molar-refractivity contribution in [3.8, 4) is 17.1 Å². The number of rotatable bonds is 8. The van der Waals surface area contributed by atoms with Crippen LogP contribution in [0.15, 0.2) is 53.1 Å². The fraction of sp³-hybridized carbons (Fsp3) is 0.250. The third kappa shape index (κ3) is 6.77. The van der Waals surface area contributed by atoms with E-state index in [0.29, 0.717) is 35.1 Å². The first-order chi connectivity index (χ1) is 14.3. The first kappa shape index (κ1) is 21.6. The van der Waals surface area contributed by atoms with Crippen molar-refractivity contribution in [2.45, 2.75) is 32.2 Å². The molecule has 0 aliphatic rings. The molecule has 0 radical (unpaired) electrons. The molecule has 1 N–H and O–H groups in total. The number of carbonyl (C=O) groups is 1. The Balaban J connectivity index is 1.39. The first-order valence-corrected chi connectivity index (χ1v) is 9.36. The number of nitrogens with zero attached hydrogens (tertiary/aromatic N) is 2. The highest BCUT2D eigenvalue weighted by atomic mass is 35.5. The van der Waals surface area contributed by atoms with Crippen LogP contribution in [-0.2, 0) is 17.8 Å². The molecule has 0 saturated carbocycles. The number of benzene rings is 2. The highest BCUT2D eigenvalue weighted by molar-refractivity contribution is 6.30. The monoisotopic (exact) mass is 439 g/mol. The van der Waals surface area contributed by atoms with Gasteiger partial charge in [0.05, 0.1) is 0 Å². The number of hydrogen-bond donors (Lipinski definition) is 1. The second-order valence-corrected chi connectivity index (χ2v) is 6.78. The van der Waals surface area contributed by atoms with Crippen LogP contribution < -0.4 is 10.1 Å². The fourth-order valence-corrected chi connectivity index (χ4v) is 2.70. The molecule has 0 atom stereocenters. The van der Waals surface area contributed by atoms with E-state index in [1.807, 2.05) is 0 Å². The molecule has 1 aromatic heterocycles. The number of nitrogens with one attached hydrogen (secondary N) is 1. The van der Waals surface area contributed by atoms with E-state index in [4.69, 9.17) is 16.1 Å². The molecule has 3 rings (SSSR count). The van der Waals surface area contributed by atoms with Crippen LogP contribution in [0.5, 0.6) is 5.75 Å². The minimum atomic E-state index is -4.73. The number of amides is 1. The standard InChI is InChI=1S/C20H17ClF3N3O3/c21-15-8-6-14(7-9-15)19-26-18(30-27-19)3-1-2-17(28)25-12-13-4-10-16(11-5-13)29-20(22,23)24/h4-11H,1-3,12H2,(H,25,28). The van der Waals surface area contributed by atoms with Gasteiger partial charge in [-0.05, 0) is 48.4 Å². The zero-order valence-corrected chi connectivity index (χ0v) is 16.3. The first-order valence-electron chi connectivity index (χ1n) is 8.98. The summed E-state index contributed by atoms with van der Waals surface area (Å²) in [6, 6.07) is 12.3. The zero-order valence-electron chi connectivity index (χ0n) is 15.6. The molecule has 1 heterocycles. The summed E-state index contributed by atoms with van der Waals surface area (Å²) in [7, 11) is 0. The Morgan fingerprint density at radius 1 is 1.10 bits per heavy atom. The fourth-order valence-electron chi connectivity index (χ4n) is 2.57. The van der Waals surface area contributed by atoms with Crippen molar-refractivity contribution in [3.05, 3.63) is 65.0 Å². The van der Waals surface area contributed by atoms with E-state index in [-0.39, 0.29) is 24.6 Å². The molecular weight excluding hydrogens is 423 g/mol. The van der Waals surface area contributed by atoms with Crippen LogP contribution in [0.4, 0.5) is 13.2 Å². The second-order valence-electron chi connectivity index (χ2n) is 6.34. The molecule has 1 amide bonds. The van der Waals surface area contributed by atoms with Gasteiger partial charge >= 0.3 is 6.36 Å². The van der Waals surface area contributed by atoms with Crippen molar-refractivity contribution in [1.29, 1.82) is 0 Å². The van der Waals surface area contributed by atoms with Gasteiger partial charge in [-0.3, -0.25) is 4.79 Å². The molecule has 0 bridgehead atoms. The molecule has 30 heavy (non-hydrogen) atoms. The highest BCUT2D eigenvalue weighted by Crippen LogP contribution is 2.23. The lowest BCUT2D eigenvalue weighted by atomic mass is 10.2. The van der Waals surface area contributed by atoms with Crippen LogP contribution in [0, 0.1) is 0 Å². The van der Waals surface area contributed by atoms with E-state index >= 15 is 0 Å². The van der Waals surface area contributed by atoms with Crippen LogP contribution in [0.2, 0.25) is 5.02 Å². The molecule has 10 heteroatoms. The van der Waals surface area contributed by atoms with Gasteiger partial charge in [-0.2, -0.15) is 4.98 Å². The van der Waals surface area contributed by atoms with Gasteiger partial charge in [0.2, 0.25) is 17.6 Å². The van der Waals surface area contributed by atoms with Crippen molar-refractivity contribution in [3.63, 3.8) is 0 Å². The van der Waals surface area contributed by atoms with Gasteiger partial charge in [-0.25, -0.2) is 0 Å². The number of carbonyl (C=O) groups excluding carboxylic acids is 1. The van der Waals surface area contributed by atoms with Crippen molar-refractivity contribution in [1.82, 2.24) is 15.5 Å². The van der Waals surface area contributed by atoms with Crippen molar-refractivity contribution >= 4 is 17.5 Å². The average Bonchev–Trinajstić information content (AvgIpc) is 3.16. The lowest BCUT2D eigenvalue weighted by Gasteiger charge is -2.09. The quantitative estimate of drug-likeness (QED) is 0.538. The molecule has 0 aliphatic heterocycles. The third-order valence-electron chi connectivity index (χ3n) is 4.01. The highest BCUT2D eigenvalue weighted by Gasteiger charge is 2.30. The van der Waals surface area contributed by atoms with Crippen molar-refractivity contribution in [2.75, 3.05) is 0 Å². The Bertz CT molecular complexity index is 973. The van der Waals surface area contributed by atoms with Crippen molar-refractivity contribution < 1.29 is 27.2 Å². The Morgan fingerprint density at radius 3 is 2.47 bits per heavy atom. The smallest absolute Gasteiger partial charge is 0.406 e. The largest absolute Gasteiger partial charge is 0.573 e. The molecule has 0 saturated heterocycles. The third-order valence-corrected chi connectivity index (χ3v) is 4.26. The summed E-state index contributed by atoms with van der Waals surface area (Å²) in [4.78, 5) is 16.2. The van der Waals surface area contributed by atoms with Crippen LogP contribution >= 0.6 is 11.6 Å². The summed E-state index contributed by atoms with van der Waals surface area (Å²) in [5, 5.41) is 7.23. The second kappa shape index (κ2) is 9.62. The maximum atomic E-state index is 12.1. The molecule has 6 nitrogen and oxygen atoms in total. The van der Waals surface area contributed by atoms with E-state index in [1.165, 1.54) is 24.3 Å². The predicted octanol–water partition coefficient (Wildman–Crippen LogP) is 4.93.